The van der Waals surface area contributed by atoms with Gasteiger partial charge < -0.3 is 9.64 Å². The van der Waals surface area contributed by atoms with Crippen LogP contribution in [0.4, 0.5) is 4.39 Å². The predicted octanol–water partition coefficient (Wildman–Crippen LogP) is 3.10. The Morgan fingerprint density at radius 3 is 2.85 bits per heavy atom. The topological polar surface area (TPSA) is 45.7 Å². The van der Waals surface area contributed by atoms with Crippen LogP contribution in [0.2, 0.25) is 0 Å². The molecule has 3 heterocycles. The number of amides is 1. The second-order valence-corrected chi connectivity index (χ2v) is 8.37. The number of aryl methyl sites for hydroxylation is 1. The van der Waals surface area contributed by atoms with Crippen LogP contribution in [0.1, 0.15) is 33.8 Å². The van der Waals surface area contributed by atoms with Crippen molar-refractivity contribution >= 4 is 17.2 Å². The second kappa shape index (κ2) is 7.66. The van der Waals surface area contributed by atoms with Gasteiger partial charge in [-0.2, -0.15) is 0 Å². The first kappa shape index (κ1) is 18.5. The molecule has 0 saturated carbocycles. The number of morpholine rings is 1. The Morgan fingerprint density at radius 1 is 1.33 bits per heavy atom. The van der Waals surface area contributed by atoms with Gasteiger partial charge in [0.05, 0.1) is 24.3 Å². The van der Waals surface area contributed by atoms with Gasteiger partial charge in [0.1, 0.15) is 10.8 Å². The van der Waals surface area contributed by atoms with Crippen LogP contribution >= 0.6 is 11.3 Å². The lowest BCUT2D eigenvalue weighted by molar-refractivity contribution is -0.134. The summed E-state index contributed by atoms with van der Waals surface area (Å²) in [6, 6.07) is 4.77. The van der Waals surface area contributed by atoms with E-state index in [1.165, 1.54) is 6.07 Å². The molecule has 0 bridgehead atoms. The number of carbonyl (C=O) groups excluding carboxylic acids is 1. The van der Waals surface area contributed by atoms with Crippen LogP contribution in [0.15, 0.2) is 29.8 Å². The first-order valence-electron chi connectivity index (χ1n) is 9.35. The maximum Gasteiger partial charge on any atom is 0.257 e. The summed E-state index contributed by atoms with van der Waals surface area (Å²) < 4.78 is 20.3. The number of aromatic nitrogens is 1. The zero-order chi connectivity index (χ0) is 18.9. The number of halogens is 1. The highest BCUT2D eigenvalue weighted by Gasteiger charge is 2.41. The summed E-state index contributed by atoms with van der Waals surface area (Å²) in [6.45, 7) is 6.27. The van der Waals surface area contributed by atoms with Crippen molar-refractivity contribution in [2.45, 2.75) is 31.9 Å². The van der Waals surface area contributed by atoms with Crippen molar-refractivity contribution in [3.63, 3.8) is 0 Å². The molecule has 0 N–H and O–H groups in total. The summed E-state index contributed by atoms with van der Waals surface area (Å²) in [5.41, 5.74) is 0.670. The quantitative estimate of drug-likeness (QED) is 0.809. The van der Waals surface area contributed by atoms with Crippen molar-refractivity contribution in [2.75, 3.05) is 32.8 Å². The zero-order valence-corrected chi connectivity index (χ0v) is 16.3. The average Bonchev–Trinajstić information content (AvgIpc) is 3.15. The third-order valence-corrected chi connectivity index (χ3v) is 6.33. The number of hydrogen-bond acceptors (Lipinski definition) is 5. The number of ether oxygens (including phenoxy) is 1. The van der Waals surface area contributed by atoms with Crippen molar-refractivity contribution < 1.29 is 13.9 Å². The van der Waals surface area contributed by atoms with Gasteiger partial charge in [-0.15, -0.1) is 11.3 Å². The third kappa shape index (κ3) is 3.90. The van der Waals surface area contributed by atoms with Crippen LogP contribution in [0.25, 0.3) is 0 Å². The van der Waals surface area contributed by atoms with Crippen LogP contribution < -0.4 is 0 Å². The molecule has 0 radical (unpaired) electrons. The fraction of sp³-hybridized carbons (Fsp3) is 0.500. The molecule has 2 saturated heterocycles. The molecule has 5 nitrogen and oxygen atoms in total. The number of benzene rings is 1. The van der Waals surface area contributed by atoms with Gasteiger partial charge in [-0.25, -0.2) is 9.37 Å². The van der Waals surface area contributed by atoms with Crippen molar-refractivity contribution in [3.05, 3.63) is 51.7 Å². The molecule has 27 heavy (non-hydrogen) atoms. The number of likely N-dealkylation sites (tertiary alicyclic amines) is 1. The van der Waals surface area contributed by atoms with Crippen molar-refractivity contribution in [2.24, 2.45) is 0 Å². The van der Waals surface area contributed by atoms with E-state index in [0.717, 1.165) is 37.5 Å². The summed E-state index contributed by atoms with van der Waals surface area (Å²) in [5.74, 6) is -0.653. The van der Waals surface area contributed by atoms with Gasteiger partial charge in [-0.05, 0) is 31.4 Å². The van der Waals surface area contributed by atoms with Crippen LogP contribution in [0.3, 0.4) is 0 Å². The Bertz CT molecular complexity index is 783. The number of rotatable bonds is 3. The number of hydrogen-bond donors (Lipinski definition) is 0. The van der Waals surface area contributed by atoms with Gasteiger partial charge in [0.25, 0.3) is 5.91 Å². The van der Waals surface area contributed by atoms with E-state index in [-0.39, 0.29) is 17.1 Å². The highest BCUT2D eigenvalue weighted by Crippen LogP contribution is 2.32. The molecule has 2 aliphatic rings. The molecule has 7 heteroatoms. The normalized spacial score (nSPS) is 20.1. The number of piperidine rings is 1. The fourth-order valence-corrected chi connectivity index (χ4v) is 4.72. The Balaban J connectivity index is 1.40. The van der Waals surface area contributed by atoms with Crippen molar-refractivity contribution in [1.82, 2.24) is 14.8 Å². The maximum atomic E-state index is 14.2. The second-order valence-electron chi connectivity index (χ2n) is 7.39. The van der Waals surface area contributed by atoms with E-state index < -0.39 is 5.82 Å². The van der Waals surface area contributed by atoms with Gasteiger partial charge in [-0.1, -0.05) is 12.1 Å². The molecule has 1 amide bonds. The Kier molecular flexibility index (Phi) is 5.25. The molecule has 1 spiro atoms. The molecular formula is C20H24FN3O2S. The van der Waals surface area contributed by atoms with Crippen molar-refractivity contribution in [1.29, 1.82) is 0 Å². The molecule has 0 unspecified atom stereocenters. The minimum atomic E-state index is -0.441. The number of nitrogens with zero attached hydrogens (tertiary/aromatic N) is 3. The standard InChI is InChI=1S/C20H24FN3O2S/c1-15-3-2-4-16(21)18(15)19(25)24-8-5-20(6-9-24)14-23(10-11-26-20)13-17-22-7-12-27-17/h2-4,7,12H,5-6,8-11,13-14H2,1H3. The molecular weight excluding hydrogens is 365 g/mol. The largest absolute Gasteiger partial charge is 0.372 e. The van der Waals surface area contributed by atoms with E-state index in [4.69, 9.17) is 4.74 Å². The SMILES string of the molecule is Cc1cccc(F)c1C(=O)N1CCC2(CC1)CN(Cc1nccs1)CCO2. The first-order chi connectivity index (χ1) is 13.1. The smallest absolute Gasteiger partial charge is 0.257 e. The zero-order valence-electron chi connectivity index (χ0n) is 15.5. The summed E-state index contributed by atoms with van der Waals surface area (Å²) in [6.07, 6.45) is 3.40. The molecule has 2 aliphatic heterocycles. The molecule has 2 fully saturated rings. The van der Waals surface area contributed by atoms with E-state index in [1.54, 1.807) is 35.3 Å². The minimum Gasteiger partial charge on any atom is -0.372 e. The van der Waals surface area contributed by atoms with Crippen LogP contribution in [0.5, 0.6) is 0 Å². The van der Waals surface area contributed by atoms with E-state index >= 15 is 0 Å². The van der Waals surface area contributed by atoms with E-state index in [2.05, 4.69) is 9.88 Å². The highest BCUT2D eigenvalue weighted by atomic mass is 32.1. The van der Waals surface area contributed by atoms with Gasteiger partial charge >= 0.3 is 0 Å². The number of carbonyl (C=O) groups is 1. The van der Waals surface area contributed by atoms with Gasteiger partial charge in [-0.3, -0.25) is 9.69 Å². The molecule has 2 aromatic rings. The lowest BCUT2D eigenvalue weighted by Crippen LogP contribution is -2.57. The van der Waals surface area contributed by atoms with Crippen LogP contribution in [-0.2, 0) is 11.3 Å². The third-order valence-electron chi connectivity index (χ3n) is 5.57. The maximum absolute atomic E-state index is 14.2. The van der Waals surface area contributed by atoms with Crippen LogP contribution in [-0.4, -0.2) is 59.1 Å². The molecule has 1 aromatic carbocycles. The van der Waals surface area contributed by atoms with E-state index in [9.17, 15) is 9.18 Å². The van der Waals surface area contributed by atoms with Gasteiger partial charge in [0.15, 0.2) is 0 Å². The Hall–Kier alpha value is -1.83. The minimum absolute atomic E-state index is 0.198. The lowest BCUT2D eigenvalue weighted by atomic mass is 9.89. The average molecular weight is 389 g/mol. The molecule has 0 atom stereocenters. The summed E-state index contributed by atoms with van der Waals surface area (Å²) in [7, 11) is 0. The molecule has 0 aliphatic carbocycles. The molecule has 1 aromatic heterocycles. The van der Waals surface area contributed by atoms with E-state index in [0.29, 0.717) is 25.3 Å². The Morgan fingerprint density at radius 2 is 2.15 bits per heavy atom. The number of thiazole rings is 1. The summed E-state index contributed by atoms with van der Waals surface area (Å²) >= 11 is 1.67. The van der Waals surface area contributed by atoms with Gasteiger partial charge in [0.2, 0.25) is 0 Å². The van der Waals surface area contributed by atoms with Crippen LogP contribution in [0, 0.1) is 12.7 Å². The Labute approximate surface area is 162 Å². The lowest BCUT2D eigenvalue weighted by Gasteiger charge is -2.47. The highest BCUT2D eigenvalue weighted by molar-refractivity contribution is 7.09. The summed E-state index contributed by atoms with van der Waals surface area (Å²) in [4.78, 5) is 21.3. The monoisotopic (exact) mass is 389 g/mol. The summed E-state index contributed by atoms with van der Waals surface area (Å²) in [5, 5.41) is 3.12. The molecule has 4 rings (SSSR count). The van der Waals surface area contributed by atoms with E-state index in [1.807, 2.05) is 11.6 Å². The first-order valence-corrected chi connectivity index (χ1v) is 10.2. The molecule has 144 valence electrons. The van der Waals surface area contributed by atoms with Crippen molar-refractivity contribution in [3.8, 4) is 0 Å². The van der Waals surface area contributed by atoms with Gasteiger partial charge in [0, 0.05) is 37.8 Å². The predicted molar refractivity (Wildman–Crippen MR) is 102 cm³/mol. The fourth-order valence-electron chi connectivity index (χ4n) is 4.06.